The molecule has 0 bridgehead atoms. The predicted molar refractivity (Wildman–Crippen MR) is 115 cm³/mol. The number of allylic oxidation sites excluding steroid dienone is 3. The molecule has 2 N–H and O–H groups in total. The van der Waals surface area contributed by atoms with E-state index in [4.69, 9.17) is 5.73 Å². The van der Waals surface area contributed by atoms with Gasteiger partial charge in [-0.2, -0.15) is 5.26 Å². The van der Waals surface area contributed by atoms with Crippen LogP contribution in [0.15, 0.2) is 65.1 Å². The van der Waals surface area contributed by atoms with E-state index in [-0.39, 0.29) is 5.78 Å². The van der Waals surface area contributed by atoms with Crippen LogP contribution in [0.3, 0.4) is 0 Å². The molecule has 146 valence electrons. The van der Waals surface area contributed by atoms with E-state index in [1.54, 1.807) is 0 Å². The molecule has 2 aromatic carbocycles. The number of carbonyl (C=O) groups is 1. The highest BCUT2D eigenvalue weighted by atomic mass is 16.1. The van der Waals surface area contributed by atoms with Crippen LogP contribution in [-0.4, -0.2) is 5.78 Å². The quantitative estimate of drug-likeness (QED) is 0.799. The Morgan fingerprint density at radius 2 is 1.83 bits per heavy atom. The van der Waals surface area contributed by atoms with Crippen LogP contribution in [0.25, 0.3) is 0 Å². The largest absolute Gasteiger partial charge is 0.384 e. The highest BCUT2D eigenvalue weighted by Gasteiger charge is 2.40. The first kappa shape index (κ1) is 19.0. The first-order chi connectivity index (χ1) is 13.9. The van der Waals surface area contributed by atoms with Crippen molar-refractivity contribution in [2.45, 2.75) is 46.0 Å². The number of hydrogen-bond donors (Lipinski definition) is 1. The van der Waals surface area contributed by atoms with Gasteiger partial charge in [0.2, 0.25) is 0 Å². The minimum atomic E-state index is -0.400. The van der Waals surface area contributed by atoms with Crippen LogP contribution in [0, 0.1) is 32.1 Å². The normalized spacial score (nSPS) is 19.3. The number of nitriles is 1. The SMILES string of the molecule is Cc1ccc(C)c(C2C(C#N)=C(N)N(c3ccccc3C)C3=C2C(=O)CCC3)c1. The summed E-state index contributed by atoms with van der Waals surface area (Å²) in [5, 5.41) is 10.1. The Labute approximate surface area is 171 Å². The Kier molecular flexibility index (Phi) is 4.76. The third kappa shape index (κ3) is 3.03. The van der Waals surface area contributed by atoms with Crippen molar-refractivity contribution in [1.29, 1.82) is 5.26 Å². The van der Waals surface area contributed by atoms with Gasteiger partial charge in [0.1, 0.15) is 5.82 Å². The number of para-hydroxylation sites is 1. The summed E-state index contributed by atoms with van der Waals surface area (Å²) < 4.78 is 0. The van der Waals surface area contributed by atoms with Gasteiger partial charge in [-0.25, -0.2) is 0 Å². The van der Waals surface area contributed by atoms with Crippen molar-refractivity contribution in [3.8, 4) is 6.07 Å². The number of aryl methyl sites for hydroxylation is 3. The molecular weight excluding hydrogens is 358 g/mol. The molecule has 0 aromatic heterocycles. The lowest BCUT2D eigenvalue weighted by Crippen LogP contribution is -2.39. The van der Waals surface area contributed by atoms with Crippen LogP contribution in [0.1, 0.15) is 47.4 Å². The topological polar surface area (TPSA) is 70.1 Å². The van der Waals surface area contributed by atoms with E-state index in [9.17, 15) is 10.1 Å². The lowest BCUT2D eigenvalue weighted by Gasteiger charge is -2.40. The van der Waals surface area contributed by atoms with Crippen molar-refractivity contribution in [1.82, 2.24) is 0 Å². The lowest BCUT2D eigenvalue weighted by molar-refractivity contribution is -0.116. The molecule has 1 unspecified atom stereocenters. The average Bonchev–Trinajstić information content (AvgIpc) is 2.70. The second-order valence-corrected chi connectivity index (χ2v) is 7.96. The molecule has 1 aliphatic heterocycles. The molecule has 4 heteroatoms. The molecule has 1 atom stereocenters. The molecular formula is C25H25N3O. The summed E-state index contributed by atoms with van der Waals surface area (Å²) in [4.78, 5) is 15.1. The van der Waals surface area contributed by atoms with E-state index in [0.29, 0.717) is 17.8 Å². The number of nitrogens with two attached hydrogens (primary N) is 1. The Balaban J connectivity index is 2.03. The first-order valence-corrected chi connectivity index (χ1v) is 10.0. The number of anilines is 1. The molecule has 0 radical (unpaired) electrons. The Bertz CT molecular complexity index is 1120. The van der Waals surface area contributed by atoms with Crippen molar-refractivity contribution in [2.24, 2.45) is 5.73 Å². The molecule has 0 spiro atoms. The molecule has 0 amide bonds. The Morgan fingerprint density at radius 1 is 1.07 bits per heavy atom. The maximum atomic E-state index is 13.2. The van der Waals surface area contributed by atoms with Gasteiger partial charge in [0.15, 0.2) is 5.78 Å². The molecule has 2 aliphatic rings. The minimum Gasteiger partial charge on any atom is -0.384 e. The summed E-state index contributed by atoms with van der Waals surface area (Å²) in [6.07, 6.45) is 2.09. The Hall–Kier alpha value is -3.32. The third-order valence-corrected chi connectivity index (χ3v) is 6.02. The zero-order valence-corrected chi connectivity index (χ0v) is 17.1. The van der Waals surface area contributed by atoms with Crippen LogP contribution >= 0.6 is 0 Å². The minimum absolute atomic E-state index is 0.121. The van der Waals surface area contributed by atoms with E-state index in [2.05, 4.69) is 24.3 Å². The van der Waals surface area contributed by atoms with Gasteiger partial charge in [-0.05, 0) is 56.4 Å². The van der Waals surface area contributed by atoms with Gasteiger partial charge in [0.05, 0.1) is 23.2 Å². The molecule has 1 heterocycles. The van der Waals surface area contributed by atoms with Crippen molar-refractivity contribution < 1.29 is 4.79 Å². The van der Waals surface area contributed by atoms with Gasteiger partial charge >= 0.3 is 0 Å². The number of benzene rings is 2. The van der Waals surface area contributed by atoms with Gasteiger partial charge < -0.3 is 5.73 Å². The molecule has 0 saturated heterocycles. The second kappa shape index (κ2) is 7.25. The average molecular weight is 383 g/mol. The number of rotatable bonds is 2. The number of carbonyl (C=O) groups excluding carboxylic acids is 1. The highest BCUT2D eigenvalue weighted by Crippen LogP contribution is 2.47. The van der Waals surface area contributed by atoms with Crippen LogP contribution in [0.2, 0.25) is 0 Å². The molecule has 29 heavy (non-hydrogen) atoms. The summed E-state index contributed by atoms with van der Waals surface area (Å²) in [5.74, 6) is 0.153. The molecule has 0 fully saturated rings. The van der Waals surface area contributed by atoms with Crippen LogP contribution < -0.4 is 10.6 Å². The standard InChI is InChI=1S/C25H25N3O/c1-15-11-12-16(2)18(13-15)23-19(14-26)25(27)28(20-8-5-4-7-17(20)3)21-9-6-10-22(29)24(21)23/h4-5,7-8,11-13,23H,6,9-10,27H2,1-3H3. The first-order valence-electron chi connectivity index (χ1n) is 10.0. The molecule has 2 aromatic rings. The van der Waals surface area contributed by atoms with Crippen LogP contribution in [0.4, 0.5) is 5.69 Å². The van der Waals surface area contributed by atoms with Gasteiger partial charge in [-0.1, -0.05) is 42.0 Å². The maximum Gasteiger partial charge on any atom is 0.161 e. The molecule has 4 nitrogen and oxygen atoms in total. The van der Waals surface area contributed by atoms with E-state index in [1.807, 2.05) is 49.9 Å². The van der Waals surface area contributed by atoms with E-state index in [1.165, 1.54) is 0 Å². The summed E-state index contributed by atoms with van der Waals surface area (Å²) in [7, 11) is 0. The van der Waals surface area contributed by atoms with Gasteiger partial charge in [-0.3, -0.25) is 9.69 Å². The molecule has 4 rings (SSSR count). The number of hydrogen-bond acceptors (Lipinski definition) is 4. The fourth-order valence-corrected chi connectivity index (χ4v) is 4.56. The molecule has 1 aliphatic carbocycles. The summed E-state index contributed by atoms with van der Waals surface area (Å²) in [6, 6.07) is 16.5. The second-order valence-electron chi connectivity index (χ2n) is 7.96. The zero-order chi connectivity index (χ0) is 20.7. The summed E-state index contributed by atoms with van der Waals surface area (Å²) in [5.41, 5.74) is 13.9. The van der Waals surface area contributed by atoms with E-state index >= 15 is 0 Å². The number of ketones is 1. The van der Waals surface area contributed by atoms with Crippen LogP contribution in [0.5, 0.6) is 0 Å². The number of nitrogens with zero attached hydrogens (tertiary/aromatic N) is 2. The van der Waals surface area contributed by atoms with Crippen molar-refractivity contribution in [3.63, 3.8) is 0 Å². The van der Waals surface area contributed by atoms with E-state index in [0.717, 1.165) is 52.1 Å². The van der Waals surface area contributed by atoms with Crippen molar-refractivity contribution in [2.75, 3.05) is 4.90 Å². The van der Waals surface area contributed by atoms with Crippen molar-refractivity contribution >= 4 is 11.5 Å². The summed E-state index contributed by atoms with van der Waals surface area (Å²) in [6.45, 7) is 6.08. The monoisotopic (exact) mass is 383 g/mol. The van der Waals surface area contributed by atoms with Gasteiger partial charge in [0, 0.05) is 17.7 Å². The van der Waals surface area contributed by atoms with Crippen molar-refractivity contribution in [3.05, 3.63) is 87.4 Å². The smallest absolute Gasteiger partial charge is 0.161 e. The third-order valence-electron chi connectivity index (χ3n) is 6.02. The fourth-order valence-electron chi connectivity index (χ4n) is 4.56. The van der Waals surface area contributed by atoms with Crippen LogP contribution in [-0.2, 0) is 4.79 Å². The highest BCUT2D eigenvalue weighted by molar-refractivity contribution is 6.01. The van der Waals surface area contributed by atoms with E-state index < -0.39 is 5.92 Å². The number of Topliss-reactive ketones (excluding diaryl/α,β-unsaturated/α-hetero) is 1. The van der Waals surface area contributed by atoms with Gasteiger partial charge in [0.25, 0.3) is 0 Å². The van der Waals surface area contributed by atoms with Gasteiger partial charge in [-0.15, -0.1) is 0 Å². The lowest BCUT2D eigenvalue weighted by atomic mass is 9.74. The Morgan fingerprint density at radius 3 is 2.55 bits per heavy atom. The zero-order valence-electron chi connectivity index (χ0n) is 17.1. The fraction of sp³-hybridized carbons (Fsp3) is 0.280. The predicted octanol–water partition coefficient (Wildman–Crippen LogP) is 4.92. The molecule has 0 saturated carbocycles. The maximum absolute atomic E-state index is 13.2. The summed E-state index contributed by atoms with van der Waals surface area (Å²) >= 11 is 0.